The molecule has 0 aliphatic rings. The van der Waals surface area contributed by atoms with Gasteiger partial charge in [0.15, 0.2) is 0 Å². The molecule has 12 rings (SSSR count). The van der Waals surface area contributed by atoms with Crippen molar-refractivity contribution in [2.24, 2.45) is 33.9 Å². The van der Waals surface area contributed by atoms with Crippen molar-refractivity contribution in [3.63, 3.8) is 0 Å². The normalized spacial score (nSPS) is 13.1. The van der Waals surface area contributed by atoms with Crippen molar-refractivity contribution in [3.8, 4) is 22.3 Å². The molecular formula is C71H65Cl5I3N8O2-. The van der Waals surface area contributed by atoms with E-state index in [1.165, 1.54) is 5.56 Å². The number of pyridine rings is 2. The Hall–Kier alpha value is -5.84. The van der Waals surface area contributed by atoms with Crippen LogP contribution in [0.15, 0.2) is 241 Å². The van der Waals surface area contributed by atoms with Crippen molar-refractivity contribution in [1.82, 2.24) is 33.6 Å². The number of fused-ring (bicyclic) bond motifs is 2. The molecule has 0 bridgehead atoms. The maximum atomic E-state index is 13.1. The molecule has 10 nitrogen and oxygen atoms in total. The van der Waals surface area contributed by atoms with Crippen molar-refractivity contribution in [2.75, 3.05) is 0 Å². The first-order chi connectivity index (χ1) is 42.3. The van der Waals surface area contributed by atoms with E-state index in [1.807, 2.05) is 188 Å². The van der Waals surface area contributed by atoms with Crippen LogP contribution in [0.3, 0.4) is 0 Å². The van der Waals surface area contributed by atoms with Crippen LogP contribution in [0.5, 0.6) is 0 Å². The van der Waals surface area contributed by atoms with Crippen LogP contribution >= 0.6 is 95.2 Å². The van der Waals surface area contributed by atoms with Gasteiger partial charge in [-0.25, -0.2) is 9.97 Å². The predicted molar refractivity (Wildman–Crippen MR) is 386 cm³/mol. The Bertz CT molecular complexity index is 4490. The Kier molecular flexibility index (Phi) is 24.0. The van der Waals surface area contributed by atoms with E-state index < -0.39 is 10.4 Å². The van der Waals surface area contributed by atoms with Gasteiger partial charge in [-0.3, -0.25) is 14.9 Å². The van der Waals surface area contributed by atoms with Crippen LogP contribution in [-0.2, 0) is 38.6 Å². The number of rotatable bonds is 12. The summed E-state index contributed by atoms with van der Waals surface area (Å²) >= 11 is 38.1. The summed E-state index contributed by atoms with van der Waals surface area (Å²) in [6.45, 7) is 4.15. The number of hydrogen-bond donors (Lipinski definition) is 2. The van der Waals surface area contributed by atoms with Crippen LogP contribution in [0.1, 0.15) is 78.1 Å². The van der Waals surface area contributed by atoms with Gasteiger partial charge in [0.25, 0.3) is 11.1 Å². The molecule has 4 heterocycles. The summed E-state index contributed by atoms with van der Waals surface area (Å²) in [4.78, 5) is 33.6. The van der Waals surface area contributed by atoms with E-state index in [0.29, 0.717) is 33.3 Å². The zero-order valence-corrected chi connectivity index (χ0v) is 58.9. The van der Waals surface area contributed by atoms with Crippen molar-refractivity contribution < 1.29 is 13.3 Å². The number of nitrogens with zero attached hydrogens (tertiary/aromatic N) is 6. The van der Waals surface area contributed by atoms with E-state index in [-0.39, 0.29) is 30.6 Å². The molecule has 0 saturated carbocycles. The Morgan fingerprint density at radius 2 is 0.910 bits per heavy atom. The standard InChI is InChI=1S/C35H30Cl2N4O.C27H20Cl3N3O.C8H11N.CH4.I3/c1-23(24-8-5-4-6-9-24)39-35(33-21-38-22-40(33)2,26-12-15-28(36)16-13-26)27-14-17-32-31(19-27)30(20-34(42)41(32)3)25-10-7-11-29(37)18-25;1-32-16-31-15-25(32)27(30,18-6-9-20(28)10-7-18)19-8-11-24-23(13-19)22(14-26(34)33(24)2)17-4-3-5-21(29)12-17;1-7(9)8-5-3-2-4-6-8;;1-3-2/h4-23,39H,1-3H3;3-16H,1-2H3;2-7H,9H2,1H3;1H4;/q;;;;-1/t23-,35?;;7-;;/m1.1../s1. The molecule has 0 aliphatic carbocycles. The fourth-order valence-electron chi connectivity index (χ4n) is 11.0. The molecule has 458 valence electrons. The number of benzene rings is 8. The molecule has 0 saturated heterocycles. The zero-order valence-electron chi connectivity index (χ0n) is 48.7. The van der Waals surface area contributed by atoms with E-state index in [9.17, 15) is 9.59 Å². The third-order valence-corrected chi connectivity index (χ3v) is 17.1. The molecule has 12 aromatic rings. The van der Waals surface area contributed by atoms with Crippen molar-refractivity contribution in [3.05, 3.63) is 317 Å². The van der Waals surface area contributed by atoms with Gasteiger partial charge < -0.3 is 24.0 Å². The molecule has 18 heteroatoms. The van der Waals surface area contributed by atoms with Crippen LogP contribution in [0, 0.1) is 0 Å². The second-order valence-electron chi connectivity index (χ2n) is 21.1. The average molecular weight is 1620 g/mol. The summed E-state index contributed by atoms with van der Waals surface area (Å²) in [6, 6.07) is 66.7. The van der Waals surface area contributed by atoms with E-state index in [1.54, 1.807) is 47.9 Å². The number of alkyl halides is 1. The summed E-state index contributed by atoms with van der Waals surface area (Å²) in [6.07, 6.45) is 7.22. The van der Waals surface area contributed by atoms with Gasteiger partial charge in [0.1, 0.15) is 10.4 Å². The molecule has 0 spiro atoms. The second-order valence-corrected chi connectivity index (χ2v) is 39.7. The van der Waals surface area contributed by atoms with Crippen LogP contribution in [-0.4, -0.2) is 28.2 Å². The average Bonchev–Trinajstić information content (AvgIpc) is 1.65. The predicted octanol–water partition coefficient (Wildman–Crippen LogP) is 15.8. The van der Waals surface area contributed by atoms with E-state index in [4.69, 9.17) is 63.7 Å². The molecule has 0 radical (unpaired) electrons. The third kappa shape index (κ3) is 15.4. The monoisotopic (exact) mass is 1620 g/mol. The first-order valence-corrected chi connectivity index (χ1v) is 42.2. The third-order valence-electron chi connectivity index (χ3n) is 15.5. The van der Waals surface area contributed by atoms with Gasteiger partial charge in [0, 0.05) is 83.3 Å². The Balaban J connectivity index is 0.000000195. The quantitative estimate of drug-likeness (QED) is 0.0929. The molecular weight excluding hydrogens is 1550 g/mol. The molecule has 89 heavy (non-hydrogen) atoms. The van der Waals surface area contributed by atoms with Crippen LogP contribution < -0.4 is 35.4 Å². The molecule has 3 N–H and O–H groups in total. The van der Waals surface area contributed by atoms with Crippen LogP contribution in [0.2, 0.25) is 20.1 Å². The van der Waals surface area contributed by atoms with Crippen LogP contribution in [0.4, 0.5) is 0 Å². The SMILES string of the molecule is C.C[C@@H](N)c1ccccc1.C[C@@H](NC(c1ccc(Cl)cc1)(c1ccc2c(c1)c(-c1cccc(Cl)c1)cc(=O)n2C)c1cncn1C)c1ccccc1.Cn1cncc1C(Cl)(c1ccc(Cl)cc1)c1ccc2c(c1)c(-c1cccc(Cl)c1)cc(=O)n2C.I[I-]I. The van der Waals surface area contributed by atoms with Gasteiger partial charge in [-0.05, 0) is 142 Å². The summed E-state index contributed by atoms with van der Waals surface area (Å²) in [5, 5.41) is 8.34. The first kappa shape index (κ1) is 69.1. The van der Waals surface area contributed by atoms with E-state index >= 15 is 0 Å². The van der Waals surface area contributed by atoms with Gasteiger partial charge in [0.2, 0.25) is 0 Å². The van der Waals surface area contributed by atoms with E-state index in [2.05, 4.69) is 108 Å². The van der Waals surface area contributed by atoms with Crippen molar-refractivity contribution >= 4 is 117 Å². The molecule has 0 amide bonds. The number of halogens is 8. The Morgan fingerprint density at radius 1 is 0.494 bits per heavy atom. The van der Waals surface area contributed by atoms with Gasteiger partial charge in [0.05, 0.1) is 47.5 Å². The van der Waals surface area contributed by atoms with Crippen molar-refractivity contribution in [2.45, 2.75) is 43.8 Å². The Morgan fingerprint density at radius 3 is 1.34 bits per heavy atom. The summed E-state index contributed by atoms with van der Waals surface area (Å²) in [7, 11) is 7.48. The number of nitrogens with two attached hydrogens (primary N) is 1. The number of imidazole rings is 2. The molecule has 0 aliphatic heterocycles. The number of aromatic nitrogens is 6. The van der Waals surface area contributed by atoms with E-state index in [0.717, 1.165) is 83.3 Å². The Labute approximate surface area is 574 Å². The summed E-state index contributed by atoms with van der Waals surface area (Å²) < 4.78 is 7.27. The molecule has 8 aromatic carbocycles. The van der Waals surface area contributed by atoms with Crippen LogP contribution in [0.25, 0.3) is 44.1 Å². The molecule has 4 atom stereocenters. The summed E-state index contributed by atoms with van der Waals surface area (Å²) in [5.74, 6) is 0. The van der Waals surface area contributed by atoms with Gasteiger partial charge >= 0.3 is 50.5 Å². The van der Waals surface area contributed by atoms with Gasteiger partial charge in [-0.1, -0.05) is 175 Å². The minimum atomic E-state index is -1.04. The molecule has 2 unspecified atom stereocenters. The topological polar surface area (TPSA) is 118 Å². The zero-order chi connectivity index (χ0) is 62.9. The molecule has 0 fully saturated rings. The fraction of sp³-hybridized carbons (Fsp3) is 0.155. The second kappa shape index (κ2) is 31.0. The minimum absolute atomic E-state index is 0. The van der Waals surface area contributed by atoms with Gasteiger partial charge in [-0.2, -0.15) is 0 Å². The summed E-state index contributed by atoms with van der Waals surface area (Å²) in [5.41, 5.74) is 17.4. The maximum absolute atomic E-state index is 13.1. The number of nitrogens with one attached hydrogen (secondary N) is 1. The van der Waals surface area contributed by atoms with Gasteiger partial charge in [-0.15, -0.1) is 11.6 Å². The fourth-order valence-corrected chi connectivity index (χ4v) is 12.1. The number of aryl methyl sites for hydroxylation is 4. The molecule has 4 aromatic heterocycles. The first-order valence-electron chi connectivity index (χ1n) is 27.7. The van der Waals surface area contributed by atoms with Crippen molar-refractivity contribution in [1.29, 1.82) is 0 Å². The number of hydrogen-bond acceptors (Lipinski definition) is 6.